The maximum atomic E-state index is 5.42. The Kier molecular flexibility index (Phi) is 5.12. The summed E-state index contributed by atoms with van der Waals surface area (Å²) in [5, 5.41) is 7.01. The Balaban J connectivity index is 1.84. The van der Waals surface area contributed by atoms with Gasteiger partial charge in [-0.2, -0.15) is 0 Å². The zero-order valence-corrected chi connectivity index (χ0v) is 12.1. The van der Waals surface area contributed by atoms with Gasteiger partial charge in [0.1, 0.15) is 0 Å². The van der Waals surface area contributed by atoms with E-state index in [2.05, 4.69) is 22.5 Å². The molecule has 0 spiro atoms. The molecule has 0 radical (unpaired) electrons. The molecule has 0 saturated carbocycles. The smallest absolute Gasteiger partial charge is 0.0798 e. The van der Waals surface area contributed by atoms with E-state index in [1.807, 2.05) is 5.51 Å². The molecule has 5 heteroatoms. The summed E-state index contributed by atoms with van der Waals surface area (Å²) in [4.78, 5) is 5.62. The van der Waals surface area contributed by atoms with Crippen molar-refractivity contribution < 1.29 is 4.74 Å². The van der Waals surface area contributed by atoms with Crippen LogP contribution in [0.5, 0.6) is 0 Å². The first-order chi connectivity index (χ1) is 8.76. The monoisotopic (exact) mass is 269 g/mol. The fourth-order valence-corrected chi connectivity index (χ4v) is 3.32. The second kappa shape index (κ2) is 6.61. The van der Waals surface area contributed by atoms with E-state index in [0.29, 0.717) is 5.41 Å². The summed E-state index contributed by atoms with van der Waals surface area (Å²) in [5.41, 5.74) is 3.37. The summed E-state index contributed by atoms with van der Waals surface area (Å²) < 4.78 is 5.42. The van der Waals surface area contributed by atoms with Gasteiger partial charge in [-0.25, -0.2) is 4.98 Å². The minimum absolute atomic E-state index is 0.304. The van der Waals surface area contributed by atoms with E-state index in [0.717, 1.165) is 38.5 Å². The lowest BCUT2D eigenvalue weighted by atomic mass is 9.79. The van der Waals surface area contributed by atoms with Crippen molar-refractivity contribution in [3.63, 3.8) is 0 Å². The van der Waals surface area contributed by atoms with Gasteiger partial charge in [-0.3, -0.25) is 0 Å². The summed E-state index contributed by atoms with van der Waals surface area (Å²) >= 11 is 1.73. The second-order valence-corrected chi connectivity index (χ2v) is 6.09. The van der Waals surface area contributed by atoms with Crippen molar-refractivity contribution >= 4 is 11.3 Å². The average molecular weight is 269 g/mol. The molecule has 18 heavy (non-hydrogen) atoms. The van der Waals surface area contributed by atoms with Crippen molar-refractivity contribution in [3.05, 3.63) is 16.1 Å². The average Bonchev–Trinajstić information content (AvgIpc) is 2.77. The van der Waals surface area contributed by atoms with Crippen LogP contribution in [0.1, 0.15) is 23.4 Å². The Bertz CT molecular complexity index is 355. The predicted molar refractivity (Wildman–Crippen MR) is 75.0 cm³/mol. The summed E-state index contributed by atoms with van der Waals surface area (Å²) in [5.74, 6) is 0. The summed E-state index contributed by atoms with van der Waals surface area (Å²) in [6, 6.07) is 0. The van der Waals surface area contributed by atoms with Crippen molar-refractivity contribution in [3.8, 4) is 0 Å². The molecule has 2 heterocycles. The van der Waals surface area contributed by atoms with E-state index in [4.69, 9.17) is 4.74 Å². The van der Waals surface area contributed by atoms with Gasteiger partial charge in [0.05, 0.1) is 17.8 Å². The van der Waals surface area contributed by atoms with Gasteiger partial charge < -0.3 is 15.4 Å². The van der Waals surface area contributed by atoms with Crippen LogP contribution in [0.4, 0.5) is 0 Å². The number of ether oxygens (including phenoxy) is 1. The number of aryl methyl sites for hydroxylation is 1. The highest BCUT2D eigenvalue weighted by atomic mass is 32.1. The van der Waals surface area contributed by atoms with E-state index in [1.165, 1.54) is 17.7 Å². The van der Waals surface area contributed by atoms with Crippen molar-refractivity contribution in [1.82, 2.24) is 15.6 Å². The second-order valence-electron chi connectivity index (χ2n) is 5.15. The molecule has 0 unspecified atom stereocenters. The zero-order valence-electron chi connectivity index (χ0n) is 11.3. The van der Waals surface area contributed by atoms with Gasteiger partial charge in [-0.15, -0.1) is 11.3 Å². The summed E-state index contributed by atoms with van der Waals surface area (Å²) in [6.07, 6.45) is 2.38. The molecule has 0 aliphatic carbocycles. The first-order valence-corrected chi connectivity index (χ1v) is 7.43. The van der Waals surface area contributed by atoms with E-state index in [-0.39, 0.29) is 0 Å². The SMILES string of the molecule is COCC1(CNCc2scnc2C)CCNCC1. The maximum Gasteiger partial charge on any atom is 0.0798 e. The number of thiazole rings is 1. The highest BCUT2D eigenvalue weighted by Crippen LogP contribution is 2.28. The van der Waals surface area contributed by atoms with Crippen molar-refractivity contribution in [2.45, 2.75) is 26.3 Å². The Labute approximate surface area is 113 Å². The van der Waals surface area contributed by atoms with Crippen LogP contribution in [-0.4, -0.2) is 38.3 Å². The highest BCUT2D eigenvalue weighted by molar-refractivity contribution is 7.09. The maximum absolute atomic E-state index is 5.42. The predicted octanol–water partition coefficient (Wildman–Crippen LogP) is 1.56. The Morgan fingerprint density at radius 3 is 2.89 bits per heavy atom. The molecule has 2 rings (SSSR count). The normalized spacial score (nSPS) is 19.0. The first-order valence-electron chi connectivity index (χ1n) is 6.55. The van der Waals surface area contributed by atoms with Gasteiger partial charge in [0.2, 0.25) is 0 Å². The van der Waals surface area contributed by atoms with Crippen LogP contribution >= 0.6 is 11.3 Å². The van der Waals surface area contributed by atoms with Crippen LogP contribution in [0.15, 0.2) is 5.51 Å². The summed E-state index contributed by atoms with van der Waals surface area (Å²) in [7, 11) is 1.80. The molecule has 0 aromatic carbocycles. The van der Waals surface area contributed by atoms with E-state index in [9.17, 15) is 0 Å². The molecule has 102 valence electrons. The summed E-state index contributed by atoms with van der Waals surface area (Å²) in [6.45, 7) is 7.08. The molecule has 1 fully saturated rings. The van der Waals surface area contributed by atoms with Gasteiger partial charge in [0.15, 0.2) is 0 Å². The molecule has 1 aromatic rings. The highest BCUT2D eigenvalue weighted by Gasteiger charge is 2.31. The van der Waals surface area contributed by atoms with Crippen LogP contribution < -0.4 is 10.6 Å². The standard InChI is InChI=1S/C13H23N3OS/c1-11-12(18-10-16-11)7-15-8-13(9-17-2)3-5-14-6-4-13/h10,14-15H,3-9H2,1-2H3. The molecule has 0 bridgehead atoms. The largest absolute Gasteiger partial charge is 0.384 e. The van der Waals surface area contributed by atoms with Crippen LogP contribution in [0, 0.1) is 12.3 Å². The van der Waals surface area contributed by atoms with Crippen molar-refractivity contribution in [2.75, 3.05) is 33.4 Å². The number of aromatic nitrogens is 1. The van der Waals surface area contributed by atoms with Crippen molar-refractivity contribution in [2.24, 2.45) is 5.41 Å². The number of rotatable bonds is 6. The van der Waals surface area contributed by atoms with Crippen molar-refractivity contribution in [1.29, 1.82) is 0 Å². The molecular weight excluding hydrogens is 246 g/mol. The fourth-order valence-electron chi connectivity index (χ4n) is 2.57. The lowest BCUT2D eigenvalue weighted by Gasteiger charge is -2.37. The number of hydrogen-bond donors (Lipinski definition) is 2. The molecule has 0 amide bonds. The van der Waals surface area contributed by atoms with Gasteiger partial charge in [0.25, 0.3) is 0 Å². The van der Waals surface area contributed by atoms with Crippen LogP contribution in [-0.2, 0) is 11.3 Å². The van der Waals surface area contributed by atoms with Gasteiger partial charge in [-0.1, -0.05) is 0 Å². The van der Waals surface area contributed by atoms with Crippen LogP contribution in [0.25, 0.3) is 0 Å². The third-order valence-electron chi connectivity index (χ3n) is 3.75. The number of nitrogens with one attached hydrogen (secondary N) is 2. The quantitative estimate of drug-likeness (QED) is 0.823. The van der Waals surface area contributed by atoms with Crippen LogP contribution in [0.2, 0.25) is 0 Å². The Morgan fingerprint density at radius 1 is 1.50 bits per heavy atom. The van der Waals surface area contributed by atoms with Gasteiger partial charge >= 0.3 is 0 Å². The number of nitrogens with zero attached hydrogens (tertiary/aromatic N) is 1. The van der Waals surface area contributed by atoms with E-state index in [1.54, 1.807) is 18.4 Å². The van der Waals surface area contributed by atoms with E-state index >= 15 is 0 Å². The van der Waals surface area contributed by atoms with E-state index < -0.39 is 0 Å². The molecule has 1 aliphatic rings. The molecule has 2 N–H and O–H groups in total. The minimum Gasteiger partial charge on any atom is -0.384 e. The van der Waals surface area contributed by atoms with Crippen LogP contribution in [0.3, 0.4) is 0 Å². The third-order valence-corrected chi connectivity index (χ3v) is 4.68. The molecule has 1 saturated heterocycles. The molecule has 0 atom stereocenters. The first kappa shape index (κ1) is 13.9. The Hall–Kier alpha value is -0.490. The molecule has 4 nitrogen and oxygen atoms in total. The molecule has 1 aromatic heterocycles. The minimum atomic E-state index is 0.304. The fraction of sp³-hybridized carbons (Fsp3) is 0.769. The van der Waals surface area contributed by atoms with Gasteiger partial charge in [0, 0.05) is 30.5 Å². The zero-order chi connectivity index (χ0) is 12.8. The lowest BCUT2D eigenvalue weighted by Crippen LogP contribution is -2.45. The third kappa shape index (κ3) is 3.51. The Morgan fingerprint density at radius 2 is 2.28 bits per heavy atom. The lowest BCUT2D eigenvalue weighted by molar-refractivity contribution is 0.0535. The number of piperidine rings is 1. The molecular formula is C13H23N3OS. The topological polar surface area (TPSA) is 46.2 Å². The van der Waals surface area contributed by atoms with Gasteiger partial charge in [-0.05, 0) is 32.9 Å². The number of methoxy groups -OCH3 is 1. The molecule has 1 aliphatic heterocycles. The number of hydrogen-bond acceptors (Lipinski definition) is 5.